The van der Waals surface area contributed by atoms with Crippen molar-refractivity contribution in [2.75, 3.05) is 13.2 Å². The van der Waals surface area contributed by atoms with Crippen LogP contribution in [0.15, 0.2) is 77.6 Å². The lowest BCUT2D eigenvalue weighted by Gasteiger charge is -2.25. The molecule has 1 fully saturated rings. The quantitative estimate of drug-likeness (QED) is 0.423. The summed E-state index contributed by atoms with van der Waals surface area (Å²) in [5.41, 5.74) is 3.00. The number of rotatable bonds is 5. The fourth-order valence-corrected chi connectivity index (χ4v) is 4.78. The van der Waals surface area contributed by atoms with Crippen molar-refractivity contribution in [1.82, 2.24) is 14.5 Å². The molecule has 6 heteroatoms. The van der Waals surface area contributed by atoms with Crippen LogP contribution in [0.4, 0.5) is 0 Å². The van der Waals surface area contributed by atoms with Gasteiger partial charge in [-0.25, -0.2) is 4.98 Å². The zero-order valence-corrected chi connectivity index (χ0v) is 19.4. The fraction of sp³-hybridized carbons (Fsp3) is 0.250. The number of hydrogen-bond acceptors (Lipinski definition) is 4. The van der Waals surface area contributed by atoms with Crippen molar-refractivity contribution in [3.8, 4) is 11.4 Å². The minimum Gasteiger partial charge on any atom is -0.494 e. The van der Waals surface area contributed by atoms with Gasteiger partial charge in [0.2, 0.25) is 0 Å². The lowest BCUT2D eigenvalue weighted by molar-refractivity contribution is 0.0735. The molecule has 0 saturated carbocycles. The highest BCUT2D eigenvalue weighted by molar-refractivity contribution is 5.95. The molecule has 6 nitrogen and oxygen atoms in total. The summed E-state index contributed by atoms with van der Waals surface area (Å²) >= 11 is 0. The van der Waals surface area contributed by atoms with Gasteiger partial charge in [-0.3, -0.25) is 14.2 Å². The zero-order valence-electron chi connectivity index (χ0n) is 19.4. The van der Waals surface area contributed by atoms with Crippen molar-refractivity contribution < 1.29 is 9.53 Å². The minimum atomic E-state index is -0.114. The highest BCUT2D eigenvalue weighted by atomic mass is 16.5. The molecular formula is C28H27N3O3. The first-order chi connectivity index (χ1) is 16.6. The van der Waals surface area contributed by atoms with Gasteiger partial charge in [0, 0.05) is 12.1 Å². The van der Waals surface area contributed by atoms with Crippen LogP contribution >= 0.6 is 0 Å². The summed E-state index contributed by atoms with van der Waals surface area (Å²) < 4.78 is 7.14. The first kappa shape index (κ1) is 21.9. The monoisotopic (exact) mass is 453 g/mol. The van der Waals surface area contributed by atoms with E-state index < -0.39 is 0 Å². The predicted molar refractivity (Wildman–Crippen MR) is 133 cm³/mol. The van der Waals surface area contributed by atoms with Gasteiger partial charge in [-0.2, -0.15) is 0 Å². The fourth-order valence-electron chi connectivity index (χ4n) is 4.78. The molecule has 0 bridgehead atoms. The van der Waals surface area contributed by atoms with E-state index in [2.05, 4.69) is 4.98 Å². The lowest BCUT2D eigenvalue weighted by Crippen LogP contribution is -2.30. The van der Waals surface area contributed by atoms with Crippen molar-refractivity contribution in [2.24, 2.45) is 0 Å². The van der Waals surface area contributed by atoms with E-state index in [0.717, 1.165) is 30.7 Å². The van der Waals surface area contributed by atoms with Crippen molar-refractivity contribution in [3.05, 3.63) is 100 Å². The maximum absolute atomic E-state index is 13.4. The van der Waals surface area contributed by atoms with Crippen molar-refractivity contribution in [2.45, 2.75) is 32.7 Å². The molecule has 0 spiro atoms. The number of benzene rings is 3. The lowest BCUT2D eigenvalue weighted by atomic mass is 10.0. The third-order valence-corrected chi connectivity index (χ3v) is 6.41. The Morgan fingerprint density at radius 1 is 1.03 bits per heavy atom. The Bertz CT molecular complexity index is 1390. The van der Waals surface area contributed by atoms with Crippen LogP contribution in [0.1, 0.15) is 47.6 Å². The first-order valence-electron chi connectivity index (χ1n) is 11.7. The van der Waals surface area contributed by atoms with Gasteiger partial charge in [0.1, 0.15) is 11.6 Å². The number of likely N-dealkylation sites (tertiary alicyclic amines) is 1. The van der Waals surface area contributed by atoms with Gasteiger partial charge in [-0.1, -0.05) is 24.3 Å². The summed E-state index contributed by atoms with van der Waals surface area (Å²) in [7, 11) is 0. The van der Waals surface area contributed by atoms with Gasteiger partial charge in [0.15, 0.2) is 0 Å². The number of aryl methyl sites for hydroxylation is 1. The van der Waals surface area contributed by atoms with Crippen LogP contribution in [0, 0.1) is 6.92 Å². The molecular weight excluding hydrogens is 426 g/mol. The Morgan fingerprint density at radius 2 is 1.76 bits per heavy atom. The molecule has 0 N–H and O–H groups in total. The third kappa shape index (κ3) is 3.96. The van der Waals surface area contributed by atoms with Crippen LogP contribution in [0.2, 0.25) is 0 Å². The van der Waals surface area contributed by atoms with Crippen LogP contribution in [-0.4, -0.2) is 33.5 Å². The Morgan fingerprint density at radius 3 is 2.50 bits per heavy atom. The average molecular weight is 454 g/mol. The summed E-state index contributed by atoms with van der Waals surface area (Å²) in [6.07, 6.45) is 1.91. The largest absolute Gasteiger partial charge is 0.494 e. The molecule has 2 heterocycles. The summed E-state index contributed by atoms with van der Waals surface area (Å²) in [6.45, 7) is 5.14. The molecule has 1 aliphatic rings. The average Bonchev–Trinajstić information content (AvgIpc) is 3.35. The molecule has 1 aliphatic heterocycles. The molecule has 0 unspecified atom stereocenters. The molecule has 1 atom stereocenters. The van der Waals surface area contributed by atoms with Crippen molar-refractivity contribution >= 4 is 16.8 Å². The number of ether oxygens (including phenoxy) is 1. The molecule has 5 rings (SSSR count). The van der Waals surface area contributed by atoms with Gasteiger partial charge in [-0.15, -0.1) is 0 Å². The summed E-state index contributed by atoms with van der Waals surface area (Å²) in [5.74, 6) is 1.45. The van der Waals surface area contributed by atoms with E-state index in [9.17, 15) is 9.59 Å². The number of carbonyl (C=O) groups is 1. The van der Waals surface area contributed by atoms with E-state index in [0.29, 0.717) is 34.6 Å². The van der Waals surface area contributed by atoms with Gasteiger partial charge in [0.25, 0.3) is 11.5 Å². The molecule has 0 radical (unpaired) electrons. The van der Waals surface area contributed by atoms with Gasteiger partial charge in [0.05, 0.1) is 29.2 Å². The van der Waals surface area contributed by atoms with Crippen molar-refractivity contribution in [1.29, 1.82) is 0 Å². The number of fused-ring (bicyclic) bond motifs is 1. The SMILES string of the molecule is CCOc1ccc([C@@H]2CCCN2C(=O)c2ccc(-n3c(C)nc4ccccc4c3=O)cc2)cc1. The molecule has 4 aromatic rings. The second-order valence-electron chi connectivity index (χ2n) is 8.52. The molecule has 1 aromatic heterocycles. The number of amides is 1. The van der Waals surface area contributed by atoms with E-state index >= 15 is 0 Å². The summed E-state index contributed by atoms with van der Waals surface area (Å²) in [5, 5.41) is 0.573. The standard InChI is InChI=1S/C28H27N3O3/c1-3-34-23-16-12-20(13-17-23)26-9-6-18-30(26)27(32)21-10-14-22(15-11-21)31-19(2)29-25-8-5-4-7-24(25)28(31)33/h4-5,7-8,10-17,26H,3,6,9,18H2,1-2H3/t26-/m0/s1. The number of hydrogen-bond donors (Lipinski definition) is 0. The second-order valence-corrected chi connectivity index (χ2v) is 8.52. The molecule has 3 aromatic carbocycles. The Kier molecular flexibility index (Phi) is 5.88. The molecule has 0 aliphatic carbocycles. The number of para-hydroxylation sites is 1. The van der Waals surface area contributed by atoms with Gasteiger partial charge in [-0.05, 0) is 80.8 Å². The third-order valence-electron chi connectivity index (χ3n) is 6.41. The van der Waals surface area contributed by atoms with Crippen LogP contribution in [0.5, 0.6) is 5.75 Å². The van der Waals surface area contributed by atoms with E-state index in [1.807, 2.05) is 73.3 Å². The van der Waals surface area contributed by atoms with E-state index in [4.69, 9.17) is 4.74 Å². The zero-order chi connectivity index (χ0) is 23.7. The number of carbonyl (C=O) groups excluding carboxylic acids is 1. The minimum absolute atomic E-state index is 0.00337. The normalized spacial score (nSPS) is 15.6. The summed E-state index contributed by atoms with van der Waals surface area (Å²) in [6, 6.07) is 22.6. The molecule has 172 valence electrons. The maximum Gasteiger partial charge on any atom is 0.265 e. The molecule has 1 amide bonds. The smallest absolute Gasteiger partial charge is 0.265 e. The highest BCUT2D eigenvalue weighted by Gasteiger charge is 2.30. The van der Waals surface area contributed by atoms with Crippen LogP contribution in [-0.2, 0) is 0 Å². The predicted octanol–water partition coefficient (Wildman–Crippen LogP) is 5.07. The van der Waals surface area contributed by atoms with E-state index in [1.54, 1.807) is 22.8 Å². The van der Waals surface area contributed by atoms with E-state index in [-0.39, 0.29) is 17.5 Å². The Labute approximate surface area is 198 Å². The Balaban J connectivity index is 1.41. The van der Waals surface area contributed by atoms with Gasteiger partial charge >= 0.3 is 0 Å². The van der Waals surface area contributed by atoms with Crippen molar-refractivity contribution in [3.63, 3.8) is 0 Å². The highest BCUT2D eigenvalue weighted by Crippen LogP contribution is 2.34. The number of nitrogens with zero attached hydrogens (tertiary/aromatic N) is 3. The van der Waals surface area contributed by atoms with Crippen LogP contribution in [0.3, 0.4) is 0 Å². The van der Waals surface area contributed by atoms with Crippen LogP contribution in [0.25, 0.3) is 16.6 Å². The van der Waals surface area contributed by atoms with Gasteiger partial charge < -0.3 is 9.64 Å². The van der Waals surface area contributed by atoms with Crippen LogP contribution < -0.4 is 10.3 Å². The van der Waals surface area contributed by atoms with E-state index in [1.165, 1.54) is 0 Å². The Hall–Kier alpha value is -3.93. The first-order valence-corrected chi connectivity index (χ1v) is 11.7. The summed E-state index contributed by atoms with van der Waals surface area (Å²) in [4.78, 5) is 33.0. The topological polar surface area (TPSA) is 64.4 Å². The maximum atomic E-state index is 13.4. The number of aromatic nitrogens is 2. The molecule has 34 heavy (non-hydrogen) atoms. The molecule has 1 saturated heterocycles. The second kappa shape index (κ2) is 9.14.